The molecule has 2 rings (SSSR count). The quantitative estimate of drug-likeness (QED) is 0.661. The minimum Gasteiger partial charge on any atom is -0.377 e. The van der Waals surface area contributed by atoms with Crippen molar-refractivity contribution in [3.63, 3.8) is 0 Å². The van der Waals surface area contributed by atoms with Crippen LogP contribution in [0.25, 0.3) is 0 Å². The molecule has 124 valence electrons. The molecule has 0 aromatic carbocycles. The average molecular weight is 319 g/mol. The summed E-state index contributed by atoms with van der Waals surface area (Å²) < 4.78 is 34.7. The summed E-state index contributed by atoms with van der Waals surface area (Å²) in [6.07, 6.45) is 5.35. The Labute approximate surface area is 128 Å². The molecule has 0 radical (unpaired) electrons. The number of hydrogen-bond acceptors (Lipinski definition) is 4. The first-order valence-electron chi connectivity index (χ1n) is 8.14. The van der Waals surface area contributed by atoms with Crippen LogP contribution in [0.5, 0.6) is 0 Å². The van der Waals surface area contributed by atoms with Gasteiger partial charge in [-0.15, -0.1) is 0 Å². The Morgan fingerprint density at radius 3 is 2.71 bits per heavy atom. The maximum atomic E-state index is 12.5. The predicted molar refractivity (Wildman–Crippen MR) is 83.4 cm³/mol. The molecule has 2 unspecified atom stereocenters. The molecule has 2 fully saturated rings. The van der Waals surface area contributed by atoms with E-state index in [9.17, 15) is 8.42 Å². The Kier molecular flexibility index (Phi) is 6.43. The number of nitrogens with one attached hydrogen (secondary N) is 2. The molecule has 2 atom stereocenters. The minimum atomic E-state index is -3.41. The van der Waals surface area contributed by atoms with E-state index in [4.69, 9.17) is 4.74 Å². The summed E-state index contributed by atoms with van der Waals surface area (Å²) in [6.45, 7) is 6.11. The van der Waals surface area contributed by atoms with Gasteiger partial charge in [0.1, 0.15) is 0 Å². The molecular formula is C14H29N3O3S. The van der Waals surface area contributed by atoms with Gasteiger partial charge >= 0.3 is 0 Å². The van der Waals surface area contributed by atoms with Gasteiger partial charge in [0.05, 0.1) is 6.10 Å². The first kappa shape index (κ1) is 17.1. The van der Waals surface area contributed by atoms with Gasteiger partial charge in [0.15, 0.2) is 0 Å². The van der Waals surface area contributed by atoms with E-state index in [0.717, 1.165) is 25.8 Å². The zero-order chi connectivity index (χ0) is 15.3. The first-order valence-corrected chi connectivity index (χ1v) is 9.58. The summed E-state index contributed by atoms with van der Waals surface area (Å²) >= 11 is 0. The molecule has 0 bridgehead atoms. The van der Waals surface area contributed by atoms with Crippen molar-refractivity contribution in [2.75, 3.05) is 26.2 Å². The summed E-state index contributed by atoms with van der Waals surface area (Å²) in [4.78, 5) is 0. The lowest BCUT2D eigenvalue weighted by molar-refractivity contribution is 0.0794. The summed E-state index contributed by atoms with van der Waals surface area (Å²) in [5.74, 6) is 0. The van der Waals surface area contributed by atoms with Crippen molar-refractivity contribution in [3.05, 3.63) is 0 Å². The molecule has 2 aliphatic rings. The third-order valence-corrected chi connectivity index (χ3v) is 5.74. The van der Waals surface area contributed by atoms with Crippen LogP contribution in [0.1, 0.15) is 46.0 Å². The Balaban J connectivity index is 1.87. The van der Waals surface area contributed by atoms with E-state index in [-0.39, 0.29) is 12.1 Å². The Hall–Kier alpha value is -0.210. The summed E-state index contributed by atoms with van der Waals surface area (Å²) in [7, 11) is -3.41. The van der Waals surface area contributed by atoms with E-state index in [1.807, 2.05) is 13.8 Å². The van der Waals surface area contributed by atoms with Crippen LogP contribution in [-0.4, -0.2) is 57.2 Å². The van der Waals surface area contributed by atoms with E-state index >= 15 is 0 Å². The third-order valence-electron chi connectivity index (χ3n) is 4.11. The SMILES string of the molecule is CCOC(C)CNS(=O)(=O)N1CCCCC1CNC1CC1. The molecule has 1 saturated heterocycles. The lowest BCUT2D eigenvalue weighted by Gasteiger charge is -2.35. The van der Waals surface area contributed by atoms with Crippen LogP contribution in [0.3, 0.4) is 0 Å². The Morgan fingerprint density at radius 2 is 2.05 bits per heavy atom. The second-order valence-corrected chi connectivity index (χ2v) is 7.77. The highest BCUT2D eigenvalue weighted by molar-refractivity contribution is 7.87. The van der Waals surface area contributed by atoms with Gasteiger partial charge in [0.25, 0.3) is 10.2 Å². The second kappa shape index (κ2) is 7.87. The highest BCUT2D eigenvalue weighted by Crippen LogP contribution is 2.22. The summed E-state index contributed by atoms with van der Waals surface area (Å²) in [5.41, 5.74) is 0. The lowest BCUT2D eigenvalue weighted by atomic mass is 10.1. The van der Waals surface area contributed by atoms with Crippen molar-refractivity contribution in [1.29, 1.82) is 0 Å². The van der Waals surface area contributed by atoms with Gasteiger partial charge in [0, 0.05) is 38.3 Å². The van der Waals surface area contributed by atoms with Crippen LogP contribution in [0.2, 0.25) is 0 Å². The molecule has 2 N–H and O–H groups in total. The first-order chi connectivity index (χ1) is 10.0. The van der Waals surface area contributed by atoms with E-state index in [1.54, 1.807) is 4.31 Å². The van der Waals surface area contributed by atoms with E-state index in [2.05, 4.69) is 10.0 Å². The average Bonchev–Trinajstić information content (AvgIpc) is 3.28. The van der Waals surface area contributed by atoms with E-state index < -0.39 is 10.2 Å². The monoisotopic (exact) mass is 319 g/mol. The zero-order valence-electron chi connectivity index (χ0n) is 13.2. The second-order valence-electron chi connectivity index (χ2n) is 6.06. The normalized spacial score (nSPS) is 25.9. The van der Waals surface area contributed by atoms with E-state index in [0.29, 0.717) is 25.7 Å². The van der Waals surface area contributed by atoms with Crippen LogP contribution >= 0.6 is 0 Å². The molecular weight excluding hydrogens is 290 g/mol. The van der Waals surface area contributed by atoms with Gasteiger partial charge in [0.2, 0.25) is 0 Å². The standard InChI is InChI=1S/C14H29N3O3S/c1-3-20-12(2)10-16-21(18,19)17-9-5-4-6-14(17)11-15-13-7-8-13/h12-16H,3-11H2,1-2H3. The van der Waals surface area contributed by atoms with Gasteiger partial charge in [-0.3, -0.25) is 0 Å². The molecule has 0 aromatic heterocycles. The van der Waals surface area contributed by atoms with Crippen molar-refractivity contribution in [2.45, 2.75) is 64.1 Å². The number of hydrogen-bond donors (Lipinski definition) is 2. The lowest BCUT2D eigenvalue weighted by Crippen LogP contribution is -2.53. The molecule has 1 saturated carbocycles. The molecule has 6 nitrogen and oxygen atoms in total. The third kappa shape index (κ3) is 5.49. The van der Waals surface area contributed by atoms with Crippen LogP contribution in [-0.2, 0) is 14.9 Å². The van der Waals surface area contributed by atoms with Gasteiger partial charge in [-0.2, -0.15) is 17.4 Å². The molecule has 1 heterocycles. The molecule has 21 heavy (non-hydrogen) atoms. The van der Waals surface area contributed by atoms with Crippen molar-refractivity contribution in [3.8, 4) is 0 Å². The van der Waals surface area contributed by atoms with Crippen molar-refractivity contribution in [2.24, 2.45) is 0 Å². The highest BCUT2D eigenvalue weighted by atomic mass is 32.2. The summed E-state index contributed by atoms with van der Waals surface area (Å²) in [6, 6.07) is 0.696. The largest absolute Gasteiger partial charge is 0.377 e. The van der Waals surface area contributed by atoms with Gasteiger partial charge in [-0.1, -0.05) is 6.42 Å². The highest BCUT2D eigenvalue weighted by Gasteiger charge is 2.33. The van der Waals surface area contributed by atoms with E-state index in [1.165, 1.54) is 12.8 Å². The minimum absolute atomic E-state index is 0.0826. The zero-order valence-corrected chi connectivity index (χ0v) is 14.0. The molecule has 1 aliphatic carbocycles. The fourth-order valence-electron chi connectivity index (χ4n) is 2.73. The maximum absolute atomic E-state index is 12.5. The van der Waals surface area contributed by atoms with Crippen LogP contribution in [0, 0.1) is 0 Å². The predicted octanol–water partition coefficient (Wildman–Crippen LogP) is 0.852. The van der Waals surface area contributed by atoms with Crippen molar-refractivity contribution < 1.29 is 13.2 Å². The smallest absolute Gasteiger partial charge is 0.279 e. The topological polar surface area (TPSA) is 70.7 Å². The van der Waals surface area contributed by atoms with Crippen molar-refractivity contribution in [1.82, 2.24) is 14.3 Å². The number of nitrogens with zero attached hydrogens (tertiary/aromatic N) is 1. The van der Waals surface area contributed by atoms with Gasteiger partial charge in [-0.05, 0) is 39.5 Å². The maximum Gasteiger partial charge on any atom is 0.279 e. The Bertz CT molecular complexity index is 412. The molecule has 7 heteroatoms. The number of piperidine rings is 1. The number of rotatable bonds is 9. The fourth-order valence-corrected chi connectivity index (χ4v) is 4.29. The number of ether oxygens (including phenoxy) is 1. The van der Waals surface area contributed by atoms with Gasteiger partial charge < -0.3 is 10.1 Å². The van der Waals surface area contributed by atoms with Crippen LogP contribution in [0.15, 0.2) is 0 Å². The summed E-state index contributed by atoms with van der Waals surface area (Å²) in [5, 5.41) is 3.45. The molecule has 0 aromatic rings. The van der Waals surface area contributed by atoms with Crippen LogP contribution in [0.4, 0.5) is 0 Å². The van der Waals surface area contributed by atoms with Gasteiger partial charge in [-0.25, -0.2) is 0 Å². The molecule has 0 spiro atoms. The Morgan fingerprint density at radius 1 is 1.29 bits per heavy atom. The molecule has 0 amide bonds. The molecule has 1 aliphatic heterocycles. The fraction of sp³-hybridized carbons (Fsp3) is 1.00. The van der Waals surface area contributed by atoms with Crippen LogP contribution < -0.4 is 10.0 Å². The van der Waals surface area contributed by atoms with Crippen molar-refractivity contribution >= 4 is 10.2 Å².